The lowest BCUT2D eigenvalue weighted by molar-refractivity contribution is -0.385. The van der Waals surface area contributed by atoms with Crippen molar-refractivity contribution in [3.05, 3.63) is 39.4 Å². The van der Waals surface area contributed by atoms with Crippen molar-refractivity contribution in [1.29, 1.82) is 0 Å². The summed E-state index contributed by atoms with van der Waals surface area (Å²) in [4.78, 5) is 24.6. The van der Waals surface area contributed by atoms with E-state index in [-0.39, 0.29) is 23.3 Å². The van der Waals surface area contributed by atoms with E-state index in [1.807, 2.05) is 0 Å². The first-order chi connectivity index (χ1) is 9.54. The highest BCUT2D eigenvalue weighted by Gasteiger charge is 2.30. The third-order valence-electron chi connectivity index (χ3n) is 3.26. The number of ether oxygens (including phenoxy) is 1. The highest BCUT2D eigenvalue weighted by Crippen LogP contribution is 2.24. The van der Waals surface area contributed by atoms with Crippen molar-refractivity contribution in [2.24, 2.45) is 0 Å². The molecule has 0 bridgehead atoms. The number of hydrogen-bond donors (Lipinski definition) is 0. The number of benzene rings is 1. The van der Waals surface area contributed by atoms with Gasteiger partial charge in [-0.2, -0.15) is 0 Å². The van der Waals surface area contributed by atoms with Crippen molar-refractivity contribution < 1.29 is 14.5 Å². The summed E-state index contributed by atoms with van der Waals surface area (Å²) in [6.07, 6.45) is -0.225. The Hall–Kier alpha value is -1.66. The quantitative estimate of drug-likeness (QED) is 0.486. The first-order valence-corrected chi connectivity index (χ1v) is 6.79. The van der Waals surface area contributed by atoms with Crippen LogP contribution in [0.4, 0.5) is 5.69 Å². The molecule has 1 aromatic carbocycles. The molecule has 2 rings (SSSR count). The third kappa shape index (κ3) is 2.91. The summed E-state index contributed by atoms with van der Waals surface area (Å²) >= 11 is 5.74. The maximum atomic E-state index is 12.5. The Morgan fingerprint density at radius 3 is 3.00 bits per heavy atom. The van der Waals surface area contributed by atoms with Crippen molar-refractivity contribution in [3.63, 3.8) is 0 Å². The molecule has 1 aliphatic rings. The molecular formula is C13H15ClN2O4. The van der Waals surface area contributed by atoms with E-state index in [0.29, 0.717) is 31.1 Å². The average Bonchev–Trinajstić information content (AvgIpc) is 2.46. The summed E-state index contributed by atoms with van der Waals surface area (Å²) in [6.45, 7) is 2.86. The minimum Gasteiger partial charge on any atom is -0.373 e. The Kier molecular flexibility index (Phi) is 4.57. The number of rotatable bonds is 3. The molecule has 0 N–H and O–H groups in total. The number of amides is 1. The van der Waals surface area contributed by atoms with Crippen molar-refractivity contribution in [2.45, 2.75) is 13.0 Å². The predicted octanol–water partition coefficient (Wildman–Crippen LogP) is 1.98. The molecule has 1 aromatic rings. The second-order valence-corrected chi connectivity index (χ2v) is 4.93. The van der Waals surface area contributed by atoms with Gasteiger partial charge in [-0.1, -0.05) is 12.1 Å². The van der Waals surface area contributed by atoms with Crippen molar-refractivity contribution >= 4 is 23.2 Å². The normalized spacial score (nSPS) is 18.9. The third-order valence-corrected chi connectivity index (χ3v) is 3.60. The Balaban J connectivity index is 2.31. The van der Waals surface area contributed by atoms with Crippen LogP contribution in [0.2, 0.25) is 0 Å². The van der Waals surface area contributed by atoms with Crippen LogP contribution in [0.25, 0.3) is 0 Å². The number of hydrogen-bond acceptors (Lipinski definition) is 4. The smallest absolute Gasteiger partial charge is 0.282 e. The SMILES string of the molecule is Cc1cccc([N+](=O)[O-])c1C(=O)N1CCOC(CCl)C1. The van der Waals surface area contributed by atoms with E-state index in [4.69, 9.17) is 16.3 Å². The first-order valence-electron chi connectivity index (χ1n) is 6.25. The number of morpholine rings is 1. The molecule has 0 spiro atoms. The van der Waals surface area contributed by atoms with Gasteiger partial charge in [0.15, 0.2) is 0 Å². The van der Waals surface area contributed by atoms with Gasteiger partial charge < -0.3 is 9.64 Å². The molecule has 0 radical (unpaired) electrons. The Morgan fingerprint density at radius 1 is 1.60 bits per heavy atom. The van der Waals surface area contributed by atoms with Crippen molar-refractivity contribution in [2.75, 3.05) is 25.6 Å². The zero-order valence-corrected chi connectivity index (χ0v) is 11.8. The zero-order chi connectivity index (χ0) is 14.7. The summed E-state index contributed by atoms with van der Waals surface area (Å²) in [7, 11) is 0. The number of nitro benzene ring substituents is 1. The van der Waals surface area contributed by atoms with E-state index in [1.165, 1.54) is 6.07 Å². The number of halogens is 1. The predicted molar refractivity (Wildman–Crippen MR) is 74.2 cm³/mol. The molecule has 6 nitrogen and oxygen atoms in total. The highest BCUT2D eigenvalue weighted by atomic mass is 35.5. The molecule has 1 heterocycles. The molecule has 1 unspecified atom stereocenters. The van der Waals surface area contributed by atoms with E-state index >= 15 is 0 Å². The Morgan fingerprint density at radius 2 is 2.35 bits per heavy atom. The molecule has 20 heavy (non-hydrogen) atoms. The molecule has 108 valence electrons. The standard InChI is InChI=1S/C13H15ClN2O4/c1-9-3-2-4-11(16(18)19)12(9)13(17)15-5-6-20-10(7-14)8-15/h2-4,10H,5-8H2,1H3. The van der Waals surface area contributed by atoms with E-state index in [9.17, 15) is 14.9 Å². The van der Waals surface area contributed by atoms with Gasteiger partial charge in [-0.3, -0.25) is 14.9 Å². The molecule has 1 fully saturated rings. The van der Waals surface area contributed by atoms with Gasteiger partial charge in [0.05, 0.1) is 23.5 Å². The molecular weight excluding hydrogens is 284 g/mol. The minimum absolute atomic E-state index is 0.146. The van der Waals surface area contributed by atoms with Crippen LogP contribution in [0.3, 0.4) is 0 Å². The molecule has 1 atom stereocenters. The van der Waals surface area contributed by atoms with E-state index in [1.54, 1.807) is 24.0 Å². The lowest BCUT2D eigenvalue weighted by Gasteiger charge is -2.32. The molecule has 0 aromatic heterocycles. The molecule has 1 saturated heterocycles. The van der Waals surface area contributed by atoms with E-state index in [2.05, 4.69) is 0 Å². The molecule has 1 aliphatic heterocycles. The summed E-state index contributed by atoms with van der Waals surface area (Å²) < 4.78 is 5.39. The summed E-state index contributed by atoms with van der Waals surface area (Å²) in [5, 5.41) is 11.1. The van der Waals surface area contributed by atoms with Gasteiger partial charge in [-0.25, -0.2) is 0 Å². The van der Waals surface area contributed by atoms with Crippen LogP contribution in [0.5, 0.6) is 0 Å². The van der Waals surface area contributed by atoms with Gasteiger partial charge in [0.2, 0.25) is 0 Å². The van der Waals surface area contributed by atoms with Crippen LogP contribution in [0.15, 0.2) is 18.2 Å². The highest BCUT2D eigenvalue weighted by molar-refractivity contribution is 6.18. The maximum Gasteiger partial charge on any atom is 0.282 e. The Labute approximate surface area is 121 Å². The van der Waals surface area contributed by atoms with Gasteiger partial charge in [-0.05, 0) is 12.5 Å². The van der Waals surface area contributed by atoms with Crippen molar-refractivity contribution in [3.8, 4) is 0 Å². The molecule has 0 aliphatic carbocycles. The van der Waals surface area contributed by atoms with Gasteiger partial charge in [0, 0.05) is 19.2 Å². The van der Waals surface area contributed by atoms with Crippen LogP contribution in [-0.2, 0) is 4.74 Å². The average molecular weight is 299 g/mol. The van der Waals surface area contributed by atoms with E-state index in [0.717, 1.165) is 0 Å². The number of aryl methyl sites for hydroxylation is 1. The van der Waals surface area contributed by atoms with E-state index < -0.39 is 4.92 Å². The number of nitro groups is 1. The lowest BCUT2D eigenvalue weighted by Crippen LogP contribution is -2.46. The van der Waals surface area contributed by atoms with Crippen LogP contribution >= 0.6 is 11.6 Å². The van der Waals surface area contributed by atoms with Gasteiger partial charge >= 0.3 is 0 Å². The number of alkyl halides is 1. The zero-order valence-electron chi connectivity index (χ0n) is 11.0. The summed E-state index contributed by atoms with van der Waals surface area (Å²) in [5.41, 5.74) is 0.578. The molecule has 7 heteroatoms. The van der Waals surface area contributed by atoms with Gasteiger partial charge in [0.1, 0.15) is 5.56 Å². The topological polar surface area (TPSA) is 72.7 Å². The second kappa shape index (κ2) is 6.19. The summed E-state index contributed by atoms with van der Waals surface area (Å²) in [6, 6.07) is 4.62. The first kappa shape index (κ1) is 14.7. The largest absolute Gasteiger partial charge is 0.373 e. The van der Waals surface area contributed by atoms with Gasteiger partial charge in [-0.15, -0.1) is 11.6 Å². The fourth-order valence-corrected chi connectivity index (χ4v) is 2.42. The summed E-state index contributed by atoms with van der Waals surface area (Å²) in [5.74, 6) is -0.0483. The van der Waals surface area contributed by atoms with Gasteiger partial charge in [0.25, 0.3) is 11.6 Å². The minimum atomic E-state index is -0.528. The molecule has 1 amide bonds. The maximum absolute atomic E-state index is 12.5. The second-order valence-electron chi connectivity index (χ2n) is 4.62. The lowest BCUT2D eigenvalue weighted by atomic mass is 10.0. The molecule has 0 saturated carbocycles. The Bertz CT molecular complexity index is 535. The van der Waals surface area contributed by atoms with Crippen LogP contribution < -0.4 is 0 Å². The van der Waals surface area contributed by atoms with Crippen molar-refractivity contribution in [1.82, 2.24) is 4.90 Å². The fourth-order valence-electron chi connectivity index (χ4n) is 2.24. The monoisotopic (exact) mass is 298 g/mol. The number of carbonyl (C=O) groups is 1. The number of nitrogens with zero attached hydrogens (tertiary/aromatic N) is 2. The van der Waals surface area contributed by atoms with Crippen LogP contribution in [0.1, 0.15) is 15.9 Å². The fraction of sp³-hybridized carbons (Fsp3) is 0.462. The van der Waals surface area contributed by atoms with Crippen LogP contribution in [-0.4, -0.2) is 47.4 Å². The number of carbonyl (C=O) groups excluding carboxylic acids is 1. The van der Waals surface area contributed by atoms with Crippen LogP contribution in [0, 0.1) is 17.0 Å².